The molecular formula is C37H23N3O. The molecule has 0 radical (unpaired) electrons. The molecule has 0 atom stereocenters. The molecule has 2 heterocycles. The Morgan fingerprint density at radius 3 is 1.49 bits per heavy atom. The van der Waals surface area contributed by atoms with E-state index >= 15 is 0 Å². The van der Waals surface area contributed by atoms with Crippen LogP contribution in [0.5, 0.6) is 0 Å². The molecule has 0 saturated carbocycles. The number of aromatic nitrogens is 3. The maximum atomic E-state index is 6.23. The molecule has 0 N–H and O–H groups in total. The standard InChI is InChI=1S/C37H23N3O/c1-3-9-24(10-4-1)25-15-17-27(18-16-25)36-38-35(26-11-5-2-6-12-26)39-37(40-36)30-19-20-33-31(22-30)32-21-28-13-7-8-14-29(28)23-34(32)41-33/h1-23H. The summed E-state index contributed by atoms with van der Waals surface area (Å²) in [6, 6.07) is 47.6. The summed E-state index contributed by atoms with van der Waals surface area (Å²) in [6.45, 7) is 0. The van der Waals surface area contributed by atoms with Crippen molar-refractivity contribution in [2.45, 2.75) is 0 Å². The molecule has 0 aliphatic rings. The van der Waals surface area contributed by atoms with Gasteiger partial charge in [0, 0.05) is 27.5 Å². The van der Waals surface area contributed by atoms with Crippen molar-refractivity contribution in [1.82, 2.24) is 15.0 Å². The molecule has 8 aromatic rings. The lowest BCUT2D eigenvalue weighted by molar-refractivity contribution is 0.669. The summed E-state index contributed by atoms with van der Waals surface area (Å²) in [5.41, 5.74) is 6.83. The topological polar surface area (TPSA) is 51.8 Å². The van der Waals surface area contributed by atoms with Crippen molar-refractivity contribution < 1.29 is 4.42 Å². The van der Waals surface area contributed by atoms with Crippen LogP contribution in [0.15, 0.2) is 144 Å². The van der Waals surface area contributed by atoms with Crippen molar-refractivity contribution >= 4 is 32.7 Å². The van der Waals surface area contributed by atoms with Crippen LogP contribution in [0.2, 0.25) is 0 Å². The van der Waals surface area contributed by atoms with Crippen LogP contribution in [-0.2, 0) is 0 Å². The fourth-order valence-corrected chi connectivity index (χ4v) is 5.39. The molecule has 0 bridgehead atoms. The monoisotopic (exact) mass is 525 g/mol. The van der Waals surface area contributed by atoms with E-state index in [2.05, 4.69) is 84.9 Å². The third-order valence-electron chi connectivity index (χ3n) is 7.51. The zero-order chi connectivity index (χ0) is 27.2. The van der Waals surface area contributed by atoms with Crippen molar-refractivity contribution in [1.29, 1.82) is 0 Å². The number of fused-ring (bicyclic) bond motifs is 4. The Hall–Kier alpha value is -5.61. The minimum Gasteiger partial charge on any atom is -0.456 e. The quantitative estimate of drug-likeness (QED) is 0.230. The van der Waals surface area contributed by atoms with E-state index in [-0.39, 0.29) is 0 Å². The van der Waals surface area contributed by atoms with E-state index < -0.39 is 0 Å². The lowest BCUT2D eigenvalue weighted by Gasteiger charge is -2.09. The van der Waals surface area contributed by atoms with E-state index in [1.807, 2.05) is 54.6 Å². The maximum Gasteiger partial charge on any atom is 0.164 e. The molecule has 0 amide bonds. The average molecular weight is 526 g/mol. The second kappa shape index (κ2) is 9.54. The number of rotatable bonds is 4. The molecule has 4 nitrogen and oxygen atoms in total. The highest BCUT2D eigenvalue weighted by atomic mass is 16.3. The number of nitrogens with zero attached hydrogens (tertiary/aromatic N) is 3. The lowest BCUT2D eigenvalue weighted by atomic mass is 10.0. The molecule has 4 heteroatoms. The fourth-order valence-electron chi connectivity index (χ4n) is 5.39. The lowest BCUT2D eigenvalue weighted by Crippen LogP contribution is -2.00. The molecule has 0 spiro atoms. The van der Waals surface area contributed by atoms with E-state index in [1.54, 1.807) is 0 Å². The van der Waals surface area contributed by atoms with E-state index in [0.29, 0.717) is 17.5 Å². The first-order chi connectivity index (χ1) is 20.3. The van der Waals surface area contributed by atoms with Gasteiger partial charge in [-0.2, -0.15) is 0 Å². The summed E-state index contributed by atoms with van der Waals surface area (Å²) < 4.78 is 6.23. The van der Waals surface area contributed by atoms with Crippen LogP contribution in [0.4, 0.5) is 0 Å². The van der Waals surface area contributed by atoms with Gasteiger partial charge in [0.2, 0.25) is 0 Å². The van der Waals surface area contributed by atoms with Gasteiger partial charge in [-0.25, -0.2) is 15.0 Å². The van der Waals surface area contributed by atoms with Gasteiger partial charge in [0.1, 0.15) is 11.2 Å². The molecule has 0 fully saturated rings. The second-order valence-corrected chi connectivity index (χ2v) is 10.1. The zero-order valence-corrected chi connectivity index (χ0v) is 22.0. The van der Waals surface area contributed by atoms with E-state index in [9.17, 15) is 0 Å². The summed E-state index contributed by atoms with van der Waals surface area (Å²) in [7, 11) is 0. The van der Waals surface area contributed by atoms with Crippen molar-refractivity contribution in [3.8, 4) is 45.3 Å². The van der Waals surface area contributed by atoms with Crippen molar-refractivity contribution in [3.63, 3.8) is 0 Å². The number of benzene rings is 6. The minimum atomic E-state index is 0.623. The summed E-state index contributed by atoms with van der Waals surface area (Å²) >= 11 is 0. The highest BCUT2D eigenvalue weighted by molar-refractivity contribution is 6.10. The van der Waals surface area contributed by atoms with Crippen molar-refractivity contribution in [3.05, 3.63) is 140 Å². The van der Waals surface area contributed by atoms with Gasteiger partial charge >= 0.3 is 0 Å². The van der Waals surface area contributed by atoms with Gasteiger partial charge in [0.25, 0.3) is 0 Å². The SMILES string of the molecule is c1ccc(-c2ccc(-c3nc(-c4ccccc4)nc(-c4ccc5oc6cc7ccccc7cc6c5c4)n3)cc2)cc1. The molecule has 0 aliphatic carbocycles. The molecule has 6 aromatic carbocycles. The van der Waals surface area contributed by atoms with E-state index in [4.69, 9.17) is 19.4 Å². The summed E-state index contributed by atoms with van der Waals surface area (Å²) in [5.74, 6) is 1.90. The van der Waals surface area contributed by atoms with Gasteiger partial charge in [-0.15, -0.1) is 0 Å². The Kier molecular flexibility index (Phi) is 5.42. The molecular weight excluding hydrogens is 502 g/mol. The van der Waals surface area contributed by atoms with Crippen LogP contribution in [0.25, 0.3) is 78.0 Å². The molecule has 0 saturated heterocycles. The summed E-state index contributed by atoms with van der Waals surface area (Å²) in [5, 5.41) is 4.46. The first-order valence-corrected chi connectivity index (χ1v) is 13.6. The summed E-state index contributed by atoms with van der Waals surface area (Å²) in [4.78, 5) is 14.8. The Morgan fingerprint density at radius 1 is 0.341 bits per heavy atom. The number of hydrogen-bond acceptors (Lipinski definition) is 4. The third-order valence-corrected chi connectivity index (χ3v) is 7.51. The predicted molar refractivity (Wildman–Crippen MR) is 166 cm³/mol. The highest BCUT2D eigenvalue weighted by Crippen LogP contribution is 2.35. The average Bonchev–Trinajstić information content (AvgIpc) is 3.41. The van der Waals surface area contributed by atoms with Gasteiger partial charge in [0.15, 0.2) is 17.5 Å². The number of furan rings is 1. The predicted octanol–water partition coefficient (Wildman–Crippen LogP) is 9.59. The van der Waals surface area contributed by atoms with E-state index in [1.165, 1.54) is 10.9 Å². The second-order valence-electron chi connectivity index (χ2n) is 10.1. The van der Waals surface area contributed by atoms with Gasteiger partial charge < -0.3 is 4.42 Å². The largest absolute Gasteiger partial charge is 0.456 e. The van der Waals surface area contributed by atoms with Crippen LogP contribution in [0.3, 0.4) is 0 Å². The third kappa shape index (κ3) is 4.23. The van der Waals surface area contributed by atoms with Crippen molar-refractivity contribution in [2.75, 3.05) is 0 Å². The van der Waals surface area contributed by atoms with Crippen LogP contribution >= 0.6 is 0 Å². The van der Waals surface area contributed by atoms with Crippen LogP contribution in [0, 0.1) is 0 Å². The molecule has 0 unspecified atom stereocenters. The molecule has 192 valence electrons. The van der Waals surface area contributed by atoms with Gasteiger partial charge in [-0.3, -0.25) is 0 Å². The highest BCUT2D eigenvalue weighted by Gasteiger charge is 2.15. The van der Waals surface area contributed by atoms with E-state index in [0.717, 1.165) is 49.6 Å². The van der Waals surface area contributed by atoms with Crippen molar-refractivity contribution in [2.24, 2.45) is 0 Å². The smallest absolute Gasteiger partial charge is 0.164 e. The fraction of sp³-hybridized carbons (Fsp3) is 0. The molecule has 2 aromatic heterocycles. The molecule has 0 aliphatic heterocycles. The van der Waals surface area contributed by atoms with Gasteiger partial charge in [-0.05, 0) is 52.2 Å². The summed E-state index contributed by atoms with van der Waals surface area (Å²) in [6.07, 6.45) is 0. The molecule has 8 rings (SSSR count). The number of hydrogen-bond donors (Lipinski definition) is 0. The van der Waals surface area contributed by atoms with Crippen LogP contribution < -0.4 is 0 Å². The molecule has 41 heavy (non-hydrogen) atoms. The Bertz CT molecular complexity index is 2180. The first kappa shape index (κ1) is 23.3. The first-order valence-electron chi connectivity index (χ1n) is 13.6. The van der Waals surface area contributed by atoms with Gasteiger partial charge in [0.05, 0.1) is 0 Å². The normalized spacial score (nSPS) is 11.4. The Balaban J connectivity index is 1.28. The Morgan fingerprint density at radius 2 is 0.805 bits per heavy atom. The maximum absolute atomic E-state index is 6.23. The minimum absolute atomic E-state index is 0.623. The Labute approximate surface area is 236 Å². The zero-order valence-electron chi connectivity index (χ0n) is 22.0. The van der Waals surface area contributed by atoms with Crippen LogP contribution in [-0.4, -0.2) is 15.0 Å². The van der Waals surface area contributed by atoms with Crippen LogP contribution in [0.1, 0.15) is 0 Å². The van der Waals surface area contributed by atoms with Gasteiger partial charge in [-0.1, -0.05) is 109 Å².